The van der Waals surface area contributed by atoms with Crippen LogP contribution >= 0.6 is 0 Å². The van der Waals surface area contributed by atoms with Crippen molar-refractivity contribution in [2.45, 2.75) is 417 Å². The fourth-order valence-corrected chi connectivity index (χ4v) is 19.5. The molecule has 66 nitrogen and oxygen atoms in total. The first-order chi connectivity index (χ1) is 70.9. The molecule has 12 heterocycles. The van der Waals surface area contributed by atoms with E-state index in [1.165, 1.54) is 6.92 Å². The van der Waals surface area contributed by atoms with E-state index >= 15 is 0 Å². The van der Waals surface area contributed by atoms with E-state index in [0.29, 0.717) is 0 Å². The Hall–Kier alpha value is -5.34. The molecule has 0 aromatic rings. The predicted octanol–water partition coefficient (Wildman–Crippen LogP) is -25.3. The van der Waals surface area contributed by atoms with Crippen molar-refractivity contribution < 1.29 is 296 Å². The number of amides is 6. The third kappa shape index (κ3) is 27.7. The molecule has 60 atom stereocenters. The molecular formula is C84H140N6O60. The minimum absolute atomic E-state index is 0.856. The average molecular weight is 2190 g/mol. The maximum Gasteiger partial charge on any atom is 0.217 e. The van der Waals surface area contributed by atoms with Gasteiger partial charge in [-0.25, -0.2) is 0 Å². The molecule has 0 aliphatic carbocycles. The van der Waals surface area contributed by atoms with Crippen LogP contribution in [0.25, 0.3) is 0 Å². The van der Waals surface area contributed by atoms with Gasteiger partial charge in [-0.2, -0.15) is 0 Å². The maximum absolute atomic E-state index is 13.5. The highest BCUT2D eigenvalue weighted by molar-refractivity contribution is 5.75. The Balaban J connectivity index is 0.918. The summed E-state index contributed by atoms with van der Waals surface area (Å²) < 4.78 is 139. The van der Waals surface area contributed by atoms with Gasteiger partial charge in [0.25, 0.3) is 0 Å². The molecule has 866 valence electrons. The van der Waals surface area contributed by atoms with Crippen molar-refractivity contribution in [2.75, 3.05) is 72.7 Å². The maximum atomic E-state index is 13.5. The van der Waals surface area contributed by atoms with Gasteiger partial charge in [0.05, 0.1) is 78.8 Å². The standard InChI is InChI=1S/C84H140N6O60/c1-19-43(105)56(118)61(123)79(131-19)129-18-36-69(51(113)37(73(127)132-36)85-20(2)99)144-76-40(88-23(5)102)54(116)68(33(15-98)138-76)147-82-64(126)70(148-84-72(59(121)47(109)29(11-94)136-84)150-78-41(89-24(6)103)53(115)65(31(13-96)139-78)143-75-38(86-21(3)100)50(112)44(106)26(8-91)133-75)49(111)35(141-82)17-130-83-71(149-77-42(90-25(7)104)55(117)67(32(14-97)140-77)146-81-63(125)58(120)46(108)28(10-93)135-81)60(122)48(110)34(142-83)16-128-74-39(87-22(4)101)52(114)66(30(12-95)137-74)145-80-62(124)57(119)45(107)27(9-92)134-80/h19,26-84,91-98,105-127H,8-18H2,1-7H3,(H,85,99)(H,86,100)(H,87,101)(H,88,102)(H,89,103)(H,90,104)/t19-,26-,27-,28-,29-,30-,31-,32-,33-,34-,35-,36-,37-,38-,39-,40-,41-,42-,43+,44+,45+,46+,47-,48-,49-,50-,51-,52-,53-,54-,55-,56+,57+,58+,59+,60+,61-,62-,63-,64+,65-,66-,67-,68-,69-,70+,71+,72+,73-,74-,75+,76+,77+,78+,79+,80+,81+,82+,83+,84-/m1/s1. The van der Waals surface area contributed by atoms with Crippen LogP contribution in [-0.4, -0.2) is 635 Å². The first-order valence-corrected chi connectivity index (χ1v) is 48.0. The van der Waals surface area contributed by atoms with Crippen molar-refractivity contribution in [3.05, 3.63) is 0 Å². The number of ether oxygens (including phenoxy) is 23. The molecule has 12 rings (SSSR count). The molecule has 0 saturated carbocycles. The smallest absolute Gasteiger partial charge is 0.217 e. The topological polar surface area (TPSA) is 1010 Å². The third-order valence-electron chi connectivity index (χ3n) is 27.4. The van der Waals surface area contributed by atoms with Crippen LogP contribution in [-0.2, 0) is 138 Å². The van der Waals surface area contributed by atoms with Gasteiger partial charge in [-0.1, -0.05) is 0 Å². The van der Waals surface area contributed by atoms with Gasteiger partial charge in [0.15, 0.2) is 75.5 Å². The molecule has 6 amide bonds. The lowest BCUT2D eigenvalue weighted by Crippen LogP contribution is -2.71. The predicted molar refractivity (Wildman–Crippen MR) is 463 cm³/mol. The Morgan fingerprint density at radius 3 is 0.807 bits per heavy atom. The summed E-state index contributed by atoms with van der Waals surface area (Å²) >= 11 is 0. The van der Waals surface area contributed by atoms with E-state index in [9.17, 15) is 187 Å². The monoisotopic (exact) mass is 2190 g/mol. The Morgan fingerprint density at radius 1 is 0.187 bits per heavy atom. The van der Waals surface area contributed by atoms with Crippen LogP contribution in [0.2, 0.25) is 0 Å². The molecule has 37 N–H and O–H groups in total. The number of hydrogen-bond donors (Lipinski definition) is 37. The largest absolute Gasteiger partial charge is 0.394 e. The fourth-order valence-electron chi connectivity index (χ4n) is 19.5. The number of rotatable bonds is 39. The summed E-state index contributed by atoms with van der Waals surface area (Å²) in [6, 6.07) is -11.7. The van der Waals surface area contributed by atoms with Crippen molar-refractivity contribution in [3.8, 4) is 0 Å². The van der Waals surface area contributed by atoms with Gasteiger partial charge in [0.2, 0.25) is 35.4 Å². The van der Waals surface area contributed by atoms with Crippen LogP contribution < -0.4 is 31.9 Å². The minimum atomic E-state index is -2.76. The Bertz CT molecular complexity index is 4240. The molecule has 12 aliphatic heterocycles. The van der Waals surface area contributed by atoms with Gasteiger partial charge in [0.1, 0.15) is 287 Å². The highest BCUT2D eigenvalue weighted by Gasteiger charge is 2.64. The summed E-state index contributed by atoms with van der Waals surface area (Å²) in [4.78, 5) is 78.3. The zero-order valence-electron chi connectivity index (χ0n) is 81.1. The SMILES string of the molecule is CC(=O)N[C@@H]1[C@@H](O)[C@H](O[C@@H]2O[C@H](CO)[C@@H](O[C@@H]3O[C@H](CO[C@H]4O[C@H](CO[C@@H]5O[C@H](CO)[C@@H](O[C@@H]6O[C@H](CO)[C@H](O)[C@H](O)[C@H]6O)[C@H](O)[C@H]5NC(C)=O)[C@@H](O)[C@H](O)[C@@H]4O[C@@H]4O[C@H](CO)[C@@H](O[C@@H]5O[C@H](CO)[C@H](O)[C@H](O)[C@H]5O)[C@H](O)[C@H]4NC(C)=O)[C@@H](O)[C@H](O[C@H]4O[C@H](CO)[C@@H](O)[C@H](O)[C@@H]4O[C@@H]4O[C@H](CO)[C@@H](O[C@@H]5O[C@H](CO)[C@H](O)[C@H](O)[C@H]5NC(C)=O)[C@H](O)[C@H]4NC(C)=O)[C@@H]3O)[C@H](O)[C@H]2NC(C)=O)[C@@H](CO[C@H]2O[C@H](C)[C@H](O)[C@H](O)[C@H]2O)O[C@H]1O. The van der Waals surface area contributed by atoms with Crippen molar-refractivity contribution in [3.63, 3.8) is 0 Å². The van der Waals surface area contributed by atoms with Gasteiger partial charge in [-0.05, 0) is 6.92 Å². The van der Waals surface area contributed by atoms with Crippen molar-refractivity contribution in [2.24, 2.45) is 0 Å². The highest BCUT2D eigenvalue weighted by atomic mass is 16.8. The number of aliphatic hydroxyl groups excluding tert-OH is 31. The van der Waals surface area contributed by atoms with Crippen molar-refractivity contribution in [1.82, 2.24) is 31.9 Å². The van der Waals surface area contributed by atoms with Gasteiger partial charge < -0.3 is 299 Å². The van der Waals surface area contributed by atoms with Crippen molar-refractivity contribution >= 4 is 35.4 Å². The lowest BCUT2D eigenvalue weighted by Gasteiger charge is -2.51. The number of hydrogen-bond acceptors (Lipinski definition) is 60. The summed E-state index contributed by atoms with van der Waals surface area (Å²) in [7, 11) is 0. The molecule has 0 bridgehead atoms. The third-order valence-corrected chi connectivity index (χ3v) is 27.4. The Kier molecular flexibility index (Phi) is 44.4. The molecule has 0 unspecified atom stereocenters. The van der Waals surface area contributed by atoms with E-state index in [2.05, 4.69) is 31.9 Å². The fraction of sp³-hybridized carbons (Fsp3) is 0.929. The molecule has 0 radical (unpaired) electrons. The Morgan fingerprint density at radius 2 is 0.420 bits per heavy atom. The number of nitrogens with one attached hydrogen (secondary N) is 6. The van der Waals surface area contributed by atoms with Crippen LogP contribution in [0, 0.1) is 0 Å². The molecular weight excluding hydrogens is 2050 g/mol. The lowest BCUT2D eigenvalue weighted by atomic mass is 9.93. The van der Waals surface area contributed by atoms with Crippen molar-refractivity contribution in [1.29, 1.82) is 0 Å². The van der Waals surface area contributed by atoms with E-state index in [1.807, 2.05) is 0 Å². The van der Waals surface area contributed by atoms with Gasteiger partial charge in [0, 0.05) is 41.5 Å². The second-order valence-electron chi connectivity index (χ2n) is 38.1. The zero-order chi connectivity index (χ0) is 110. The Labute approximate surface area is 849 Å². The second-order valence-corrected chi connectivity index (χ2v) is 38.1. The van der Waals surface area contributed by atoms with E-state index in [-0.39, 0.29) is 0 Å². The number of carbonyl (C=O) groups is 6. The van der Waals surface area contributed by atoms with E-state index < -0.39 is 476 Å². The zero-order valence-corrected chi connectivity index (χ0v) is 81.1. The minimum Gasteiger partial charge on any atom is -0.394 e. The first-order valence-electron chi connectivity index (χ1n) is 48.0. The molecule has 12 aliphatic rings. The van der Waals surface area contributed by atoms with Crippen LogP contribution in [0.5, 0.6) is 0 Å². The summed E-state index contributed by atoms with van der Waals surface area (Å²) in [5.74, 6) is -5.82. The van der Waals surface area contributed by atoms with E-state index in [1.54, 1.807) is 0 Å². The molecule has 66 heteroatoms. The molecule has 0 aromatic carbocycles. The second kappa shape index (κ2) is 54.0. The summed E-state index contributed by atoms with van der Waals surface area (Å²) in [5.41, 5.74) is 0. The van der Waals surface area contributed by atoms with Gasteiger partial charge >= 0.3 is 0 Å². The van der Waals surface area contributed by atoms with Crippen LogP contribution in [0.15, 0.2) is 0 Å². The number of carbonyl (C=O) groups excluding carboxylic acids is 6. The van der Waals surface area contributed by atoms with Crippen LogP contribution in [0.1, 0.15) is 48.5 Å². The molecule has 12 saturated heterocycles. The van der Waals surface area contributed by atoms with Crippen LogP contribution in [0.3, 0.4) is 0 Å². The van der Waals surface area contributed by atoms with Crippen LogP contribution in [0.4, 0.5) is 0 Å². The summed E-state index contributed by atoms with van der Waals surface area (Å²) in [6.45, 7) is -5.93. The molecule has 0 spiro atoms. The number of aliphatic hydroxyl groups is 31. The van der Waals surface area contributed by atoms with E-state index in [4.69, 9.17) is 109 Å². The average Bonchev–Trinajstić information content (AvgIpc) is 0.759. The first kappa shape index (κ1) is 123. The molecule has 0 aromatic heterocycles. The summed E-state index contributed by atoms with van der Waals surface area (Å²) in [5, 5.41) is 366. The highest BCUT2D eigenvalue weighted by Crippen LogP contribution is 2.43. The quantitative estimate of drug-likeness (QED) is 0.0272. The lowest BCUT2D eigenvalue weighted by molar-refractivity contribution is -0.399. The molecule has 12 fully saturated rings. The van der Waals surface area contributed by atoms with Gasteiger partial charge in [-0.15, -0.1) is 0 Å². The van der Waals surface area contributed by atoms with Gasteiger partial charge in [-0.3, -0.25) is 28.8 Å². The summed E-state index contributed by atoms with van der Waals surface area (Å²) in [6.07, 6.45) is -116. The normalized spacial score (nSPS) is 48.8. The molecule has 150 heavy (non-hydrogen) atoms. The van der Waals surface area contributed by atoms with E-state index in [0.717, 1.165) is 41.5 Å².